The molecule has 9 nitrogen and oxygen atoms in total. The molecule has 16 heteroatoms. The predicted octanol–water partition coefficient (Wildman–Crippen LogP) is 5.19. The zero-order valence-corrected chi connectivity index (χ0v) is 21.3. The molecule has 2 N–H and O–H groups in total. The van der Waals surface area contributed by atoms with E-state index in [2.05, 4.69) is 16.0 Å². The summed E-state index contributed by atoms with van der Waals surface area (Å²) in [5.41, 5.74) is 4.20. The van der Waals surface area contributed by atoms with Crippen LogP contribution in [0.5, 0.6) is 0 Å². The Bertz CT molecular complexity index is 1470. The number of carboxylic acids is 2. The van der Waals surface area contributed by atoms with Gasteiger partial charge in [0.05, 0.1) is 0 Å². The third-order valence-corrected chi connectivity index (χ3v) is 5.80. The number of nitrogens with zero attached hydrogens (tertiary/aromatic N) is 5. The second-order valence-electron chi connectivity index (χ2n) is 8.88. The molecule has 5 rings (SSSR count). The lowest BCUT2D eigenvalue weighted by atomic mass is 10.1. The fraction of sp³-hybridized carbons (Fsp3) is 0.269. The third-order valence-electron chi connectivity index (χ3n) is 5.80. The number of fused-ring (bicyclic) bond motifs is 1. The van der Waals surface area contributed by atoms with Crippen molar-refractivity contribution in [1.29, 1.82) is 0 Å². The van der Waals surface area contributed by atoms with Crippen LogP contribution in [0.25, 0.3) is 16.8 Å². The van der Waals surface area contributed by atoms with Crippen molar-refractivity contribution in [2.45, 2.75) is 31.2 Å². The largest absolute Gasteiger partial charge is 0.490 e. The topological polar surface area (TPSA) is 121 Å². The molecule has 0 radical (unpaired) electrons. The van der Waals surface area contributed by atoms with Crippen LogP contribution < -0.4 is 0 Å². The van der Waals surface area contributed by atoms with Gasteiger partial charge in [-0.1, -0.05) is 12.1 Å². The fourth-order valence-corrected chi connectivity index (χ4v) is 3.82. The molecule has 0 aliphatic carbocycles. The Labute approximate surface area is 232 Å². The quantitative estimate of drug-likeness (QED) is 0.307. The van der Waals surface area contributed by atoms with Gasteiger partial charge in [-0.2, -0.15) is 31.4 Å². The molecular weight excluding hydrogens is 579 g/mol. The summed E-state index contributed by atoms with van der Waals surface area (Å²) in [6.07, 6.45) is -3.53. The van der Waals surface area contributed by atoms with Crippen LogP contribution in [0.3, 0.4) is 0 Å². The monoisotopic (exact) mass is 601 g/mol. The highest BCUT2D eigenvalue weighted by Gasteiger charge is 2.38. The minimum absolute atomic E-state index is 0.192. The first kappa shape index (κ1) is 31.9. The summed E-state index contributed by atoms with van der Waals surface area (Å²) in [7, 11) is 0. The lowest BCUT2D eigenvalue weighted by Gasteiger charge is -2.15. The highest BCUT2D eigenvalue weighted by atomic mass is 19.4. The van der Waals surface area contributed by atoms with Crippen LogP contribution in [0, 0.1) is 5.82 Å². The first-order valence-corrected chi connectivity index (χ1v) is 12.0. The maximum atomic E-state index is 13.1. The van der Waals surface area contributed by atoms with Crippen LogP contribution in [0.1, 0.15) is 23.7 Å². The van der Waals surface area contributed by atoms with Gasteiger partial charge >= 0.3 is 24.3 Å². The van der Waals surface area contributed by atoms with Crippen LogP contribution >= 0.6 is 0 Å². The van der Waals surface area contributed by atoms with Crippen LogP contribution in [-0.4, -0.2) is 72.1 Å². The van der Waals surface area contributed by atoms with E-state index < -0.39 is 24.3 Å². The Morgan fingerprint density at radius 1 is 0.857 bits per heavy atom. The summed E-state index contributed by atoms with van der Waals surface area (Å²) < 4.78 is 78.4. The molecule has 4 aromatic rings. The predicted molar refractivity (Wildman–Crippen MR) is 133 cm³/mol. The molecule has 1 atom stereocenters. The van der Waals surface area contributed by atoms with E-state index in [0.717, 1.165) is 54.2 Å². The van der Waals surface area contributed by atoms with E-state index >= 15 is 0 Å². The van der Waals surface area contributed by atoms with Gasteiger partial charge in [0.15, 0.2) is 11.5 Å². The lowest BCUT2D eigenvalue weighted by Crippen LogP contribution is -2.21. The van der Waals surface area contributed by atoms with Gasteiger partial charge in [-0.25, -0.2) is 23.5 Å². The van der Waals surface area contributed by atoms with Crippen molar-refractivity contribution in [3.8, 4) is 11.1 Å². The van der Waals surface area contributed by atoms with E-state index in [0.29, 0.717) is 5.92 Å². The number of carbonyl (C=O) groups is 2. The molecule has 1 fully saturated rings. The SMILES string of the molecule is Fc1ccc(CN2CCC(c3nc4ccc(-c5ccncc5)cn4n3)C2)cc1.O=C(O)C(F)(F)F.O=C(O)C(F)(F)F. The first-order valence-electron chi connectivity index (χ1n) is 12.0. The smallest absolute Gasteiger partial charge is 0.475 e. The number of hydrogen-bond donors (Lipinski definition) is 2. The molecule has 1 saturated heterocycles. The summed E-state index contributed by atoms with van der Waals surface area (Å²) in [4.78, 5) is 29.0. The number of likely N-dealkylation sites (tertiary alicyclic amines) is 1. The summed E-state index contributed by atoms with van der Waals surface area (Å²) in [5, 5.41) is 19.0. The van der Waals surface area contributed by atoms with E-state index in [-0.39, 0.29) is 5.82 Å². The van der Waals surface area contributed by atoms with Gasteiger partial charge in [0.2, 0.25) is 0 Å². The average Bonchev–Trinajstić information content (AvgIpc) is 3.57. The molecule has 1 unspecified atom stereocenters. The zero-order chi connectivity index (χ0) is 31.1. The van der Waals surface area contributed by atoms with Crippen molar-refractivity contribution in [1.82, 2.24) is 24.5 Å². The van der Waals surface area contributed by atoms with Crippen molar-refractivity contribution in [3.05, 3.63) is 84.3 Å². The Kier molecular flexibility index (Phi) is 10.2. The summed E-state index contributed by atoms with van der Waals surface area (Å²) >= 11 is 0. The molecular formula is C26H22F7N5O4. The molecule has 3 aromatic heterocycles. The number of pyridine rings is 2. The van der Waals surface area contributed by atoms with Crippen LogP contribution in [0.15, 0.2) is 67.1 Å². The molecule has 1 aliphatic heterocycles. The minimum Gasteiger partial charge on any atom is -0.475 e. The highest BCUT2D eigenvalue weighted by molar-refractivity contribution is 5.73. The molecule has 224 valence electrons. The van der Waals surface area contributed by atoms with Gasteiger partial charge in [0, 0.05) is 43.2 Å². The molecule has 42 heavy (non-hydrogen) atoms. The molecule has 1 aliphatic rings. The normalized spacial score (nSPS) is 15.4. The first-order chi connectivity index (χ1) is 19.6. The van der Waals surface area contributed by atoms with Gasteiger partial charge in [-0.05, 0) is 60.5 Å². The number of aliphatic carboxylic acids is 2. The molecule has 0 amide bonds. The number of alkyl halides is 6. The standard InChI is InChI=1S/C22H20FN5.2C2HF3O2/c23-20-4-1-16(2-5-20)13-27-12-9-19(14-27)22-25-21-6-3-18(15-28(21)26-22)17-7-10-24-11-8-17;2*3-2(4,5)1(6)7/h1-8,10-11,15,19H,9,12-14H2;2*(H,6,7). The number of benzene rings is 1. The number of halogens is 7. The number of rotatable bonds is 4. The maximum absolute atomic E-state index is 13.1. The van der Waals surface area contributed by atoms with E-state index in [1.54, 1.807) is 12.4 Å². The van der Waals surface area contributed by atoms with Crippen molar-refractivity contribution in [3.63, 3.8) is 0 Å². The second kappa shape index (κ2) is 13.4. The van der Waals surface area contributed by atoms with E-state index in [1.165, 1.54) is 12.1 Å². The van der Waals surface area contributed by atoms with E-state index in [1.807, 2.05) is 41.0 Å². The maximum Gasteiger partial charge on any atom is 0.490 e. The van der Waals surface area contributed by atoms with Crippen molar-refractivity contribution in [2.75, 3.05) is 13.1 Å². The van der Waals surface area contributed by atoms with Crippen molar-refractivity contribution >= 4 is 17.6 Å². The molecule has 0 bridgehead atoms. The van der Waals surface area contributed by atoms with Gasteiger partial charge < -0.3 is 10.2 Å². The van der Waals surface area contributed by atoms with Gasteiger partial charge in [0.1, 0.15) is 5.82 Å². The summed E-state index contributed by atoms with van der Waals surface area (Å²) in [6, 6.07) is 14.8. The fourth-order valence-electron chi connectivity index (χ4n) is 3.82. The van der Waals surface area contributed by atoms with Crippen LogP contribution in [-0.2, 0) is 16.1 Å². The Hall–Kier alpha value is -4.60. The minimum atomic E-state index is -5.08. The number of hydrogen-bond acceptors (Lipinski definition) is 6. The van der Waals surface area contributed by atoms with Gasteiger partial charge in [-0.15, -0.1) is 0 Å². The third kappa shape index (κ3) is 9.22. The Balaban J connectivity index is 0.000000289. The van der Waals surface area contributed by atoms with Gasteiger partial charge in [-0.3, -0.25) is 9.88 Å². The molecule has 1 aromatic carbocycles. The second-order valence-corrected chi connectivity index (χ2v) is 8.88. The van der Waals surface area contributed by atoms with E-state index in [4.69, 9.17) is 29.9 Å². The van der Waals surface area contributed by atoms with Crippen molar-refractivity contribution < 1.29 is 50.5 Å². The molecule has 4 heterocycles. The number of carboxylic acid groups (broad SMARTS) is 2. The molecule has 0 spiro atoms. The summed E-state index contributed by atoms with van der Waals surface area (Å²) in [5.74, 6) is -4.48. The summed E-state index contributed by atoms with van der Waals surface area (Å²) in [6.45, 7) is 2.75. The van der Waals surface area contributed by atoms with Gasteiger partial charge in [0.25, 0.3) is 0 Å². The average molecular weight is 601 g/mol. The van der Waals surface area contributed by atoms with Crippen LogP contribution in [0.4, 0.5) is 30.7 Å². The highest BCUT2D eigenvalue weighted by Crippen LogP contribution is 2.27. The van der Waals surface area contributed by atoms with Crippen LogP contribution in [0.2, 0.25) is 0 Å². The lowest BCUT2D eigenvalue weighted by molar-refractivity contribution is -0.193. The Morgan fingerprint density at radius 2 is 1.43 bits per heavy atom. The van der Waals surface area contributed by atoms with Crippen molar-refractivity contribution in [2.24, 2.45) is 0 Å². The zero-order valence-electron chi connectivity index (χ0n) is 21.3. The van der Waals surface area contributed by atoms with E-state index in [9.17, 15) is 30.7 Å². The number of aromatic nitrogens is 4. The Morgan fingerprint density at radius 3 is 1.98 bits per heavy atom. The molecule has 0 saturated carbocycles.